The highest BCUT2D eigenvalue weighted by atomic mass is 32.2. The van der Waals surface area contributed by atoms with Crippen LogP contribution in [0.5, 0.6) is 11.5 Å². The summed E-state index contributed by atoms with van der Waals surface area (Å²) < 4.78 is 11.0. The zero-order valence-electron chi connectivity index (χ0n) is 16.8. The largest absolute Gasteiger partial charge is 0.486 e. The van der Waals surface area contributed by atoms with Gasteiger partial charge in [-0.3, -0.25) is 9.59 Å². The lowest BCUT2D eigenvalue weighted by molar-refractivity contribution is -0.132. The second-order valence-electron chi connectivity index (χ2n) is 6.65. The molecule has 1 heterocycles. The van der Waals surface area contributed by atoms with E-state index in [2.05, 4.69) is 10.6 Å². The van der Waals surface area contributed by atoms with Gasteiger partial charge >= 0.3 is 5.97 Å². The summed E-state index contributed by atoms with van der Waals surface area (Å²) in [6, 6.07) is 12.4. The van der Waals surface area contributed by atoms with Gasteiger partial charge in [0, 0.05) is 46.2 Å². The molecule has 2 amide bonds. The van der Waals surface area contributed by atoms with Crippen molar-refractivity contribution in [1.29, 1.82) is 0 Å². The Labute approximate surface area is 183 Å². The second-order valence-corrected chi connectivity index (χ2v) is 7.82. The number of anilines is 2. The predicted molar refractivity (Wildman–Crippen MR) is 118 cm³/mol. The number of aliphatic carboxylic acids is 1. The molecular weight excluding hydrogens is 420 g/mol. The normalized spacial score (nSPS) is 12.7. The average Bonchev–Trinajstić information content (AvgIpc) is 2.74. The first-order valence-electron chi connectivity index (χ1n) is 9.55. The van der Waals surface area contributed by atoms with Gasteiger partial charge in [-0.1, -0.05) is 0 Å². The van der Waals surface area contributed by atoms with Crippen molar-refractivity contribution in [2.75, 3.05) is 29.6 Å². The number of hydrogen-bond donors (Lipinski definition) is 3. The Morgan fingerprint density at radius 1 is 1.00 bits per heavy atom. The van der Waals surface area contributed by atoms with E-state index in [0.29, 0.717) is 48.3 Å². The molecule has 31 heavy (non-hydrogen) atoms. The minimum atomic E-state index is -1.14. The van der Waals surface area contributed by atoms with Crippen LogP contribution in [0.15, 0.2) is 59.0 Å². The number of benzene rings is 2. The molecule has 0 saturated heterocycles. The van der Waals surface area contributed by atoms with Crippen LogP contribution in [0.1, 0.15) is 13.3 Å². The molecule has 0 radical (unpaired) electrons. The highest BCUT2D eigenvalue weighted by Crippen LogP contribution is 2.32. The fourth-order valence-corrected chi connectivity index (χ4v) is 3.53. The van der Waals surface area contributed by atoms with E-state index in [4.69, 9.17) is 14.6 Å². The van der Waals surface area contributed by atoms with Crippen LogP contribution < -0.4 is 20.1 Å². The van der Waals surface area contributed by atoms with Crippen LogP contribution in [0.4, 0.5) is 11.4 Å². The molecule has 1 aliphatic rings. The first-order chi connectivity index (χ1) is 14.9. The van der Waals surface area contributed by atoms with Gasteiger partial charge in [0.1, 0.15) is 13.2 Å². The molecule has 2 aromatic carbocycles. The molecule has 0 aromatic heterocycles. The molecule has 0 bridgehead atoms. The smallest absolute Gasteiger partial charge is 0.331 e. The molecule has 3 rings (SSSR count). The minimum Gasteiger partial charge on any atom is -0.486 e. The molecule has 2 aromatic rings. The Kier molecular flexibility index (Phi) is 7.55. The Morgan fingerprint density at radius 3 is 2.39 bits per heavy atom. The fraction of sp³-hybridized carbons (Fsp3) is 0.227. The van der Waals surface area contributed by atoms with Crippen LogP contribution >= 0.6 is 11.8 Å². The average molecular weight is 442 g/mol. The highest BCUT2D eigenvalue weighted by Gasteiger charge is 2.13. The van der Waals surface area contributed by atoms with Crippen molar-refractivity contribution in [2.45, 2.75) is 18.2 Å². The van der Waals surface area contributed by atoms with Crippen molar-refractivity contribution in [1.82, 2.24) is 0 Å². The Hall–Kier alpha value is -3.46. The highest BCUT2D eigenvalue weighted by molar-refractivity contribution is 7.99. The standard InChI is InChI=1S/C22H22N2O6S/c1-14(22(27)28)12-21(26)23-15-2-5-17(6-3-15)31-11-8-20(25)24-16-4-7-18-19(13-16)30-10-9-29-18/h2-7,12-13H,8-11H2,1H3,(H,23,26)(H,24,25)(H,27,28)/b14-12-. The number of ether oxygens (including phenoxy) is 2. The molecule has 0 spiro atoms. The molecule has 0 atom stereocenters. The second kappa shape index (κ2) is 10.5. The molecule has 1 aliphatic heterocycles. The van der Waals surface area contributed by atoms with Gasteiger partial charge in [-0.05, 0) is 43.3 Å². The number of hydrogen-bond acceptors (Lipinski definition) is 6. The summed E-state index contributed by atoms with van der Waals surface area (Å²) in [5.74, 6) is 0.138. The molecule has 8 nitrogen and oxygen atoms in total. The van der Waals surface area contributed by atoms with Crippen molar-refractivity contribution >= 4 is 40.9 Å². The van der Waals surface area contributed by atoms with Crippen LogP contribution in [-0.4, -0.2) is 41.9 Å². The van der Waals surface area contributed by atoms with Crippen molar-refractivity contribution in [3.05, 3.63) is 54.1 Å². The first kappa shape index (κ1) is 22.2. The maximum atomic E-state index is 12.2. The van der Waals surface area contributed by atoms with E-state index in [1.54, 1.807) is 30.3 Å². The minimum absolute atomic E-state index is 0.0424. The number of rotatable bonds is 8. The van der Waals surface area contributed by atoms with E-state index in [1.807, 2.05) is 12.1 Å². The molecule has 162 valence electrons. The predicted octanol–water partition coefficient (Wildman–Crippen LogP) is 3.55. The number of carbonyl (C=O) groups excluding carboxylic acids is 2. The molecule has 3 N–H and O–H groups in total. The molecule has 0 aliphatic carbocycles. The van der Waals surface area contributed by atoms with Crippen molar-refractivity contribution in [3.63, 3.8) is 0 Å². The van der Waals surface area contributed by atoms with E-state index >= 15 is 0 Å². The number of thioether (sulfide) groups is 1. The molecule has 0 unspecified atom stereocenters. The van der Waals surface area contributed by atoms with Gasteiger partial charge in [-0.15, -0.1) is 11.8 Å². The van der Waals surface area contributed by atoms with E-state index < -0.39 is 11.9 Å². The number of carboxylic acid groups (broad SMARTS) is 1. The summed E-state index contributed by atoms with van der Waals surface area (Å²) in [4.78, 5) is 35.7. The van der Waals surface area contributed by atoms with Gasteiger partial charge in [0.05, 0.1) is 0 Å². The number of carbonyl (C=O) groups is 3. The van der Waals surface area contributed by atoms with E-state index in [1.165, 1.54) is 18.7 Å². The Balaban J connectivity index is 1.43. The summed E-state index contributed by atoms with van der Waals surface area (Å²) in [7, 11) is 0. The third-order valence-corrected chi connectivity index (χ3v) is 5.24. The van der Waals surface area contributed by atoms with Crippen molar-refractivity contribution in [3.8, 4) is 11.5 Å². The van der Waals surface area contributed by atoms with Crippen LogP contribution in [-0.2, 0) is 14.4 Å². The van der Waals surface area contributed by atoms with Crippen LogP contribution in [0, 0.1) is 0 Å². The first-order valence-corrected chi connectivity index (χ1v) is 10.5. The van der Waals surface area contributed by atoms with Crippen LogP contribution in [0.2, 0.25) is 0 Å². The van der Waals surface area contributed by atoms with Gasteiger partial charge in [0.25, 0.3) is 0 Å². The summed E-state index contributed by atoms with van der Waals surface area (Å²) in [5.41, 5.74) is 1.17. The number of nitrogens with one attached hydrogen (secondary N) is 2. The Bertz CT molecular complexity index is 1000. The zero-order valence-corrected chi connectivity index (χ0v) is 17.7. The third-order valence-electron chi connectivity index (χ3n) is 4.23. The quantitative estimate of drug-likeness (QED) is 0.423. The lowest BCUT2D eigenvalue weighted by Crippen LogP contribution is -2.16. The molecular formula is C22H22N2O6S. The number of carboxylic acids is 1. The zero-order chi connectivity index (χ0) is 22.2. The van der Waals surface area contributed by atoms with Crippen LogP contribution in [0.3, 0.4) is 0 Å². The monoisotopic (exact) mass is 442 g/mol. The van der Waals surface area contributed by atoms with Gasteiger partial charge in [-0.2, -0.15) is 0 Å². The lowest BCUT2D eigenvalue weighted by Gasteiger charge is -2.19. The summed E-state index contributed by atoms with van der Waals surface area (Å²) in [6.45, 7) is 2.36. The summed E-state index contributed by atoms with van der Waals surface area (Å²) >= 11 is 1.52. The van der Waals surface area contributed by atoms with Crippen LogP contribution in [0.25, 0.3) is 0 Å². The number of fused-ring (bicyclic) bond motifs is 1. The summed E-state index contributed by atoms with van der Waals surface area (Å²) in [5, 5.41) is 14.3. The number of amides is 2. The lowest BCUT2D eigenvalue weighted by atomic mass is 10.2. The fourth-order valence-electron chi connectivity index (χ4n) is 2.68. The maximum Gasteiger partial charge on any atom is 0.331 e. The van der Waals surface area contributed by atoms with Gasteiger partial charge in [-0.25, -0.2) is 4.79 Å². The SMILES string of the molecule is C/C(=C/C(=O)Nc1ccc(SCCC(=O)Nc2ccc3c(c2)OCCO3)cc1)C(=O)O. The molecule has 0 fully saturated rings. The van der Waals surface area contributed by atoms with Gasteiger partial charge in [0.2, 0.25) is 11.8 Å². The van der Waals surface area contributed by atoms with Gasteiger partial charge in [0.15, 0.2) is 11.5 Å². The Morgan fingerprint density at radius 2 is 1.68 bits per heavy atom. The topological polar surface area (TPSA) is 114 Å². The summed E-state index contributed by atoms with van der Waals surface area (Å²) in [6.07, 6.45) is 1.36. The van der Waals surface area contributed by atoms with E-state index in [9.17, 15) is 14.4 Å². The maximum absolute atomic E-state index is 12.2. The van der Waals surface area contributed by atoms with Gasteiger partial charge < -0.3 is 25.2 Å². The van der Waals surface area contributed by atoms with E-state index in [0.717, 1.165) is 11.0 Å². The van der Waals surface area contributed by atoms with Crippen molar-refractivity contribution in [2.24, 2.45) is 0 Å². The molecule has 9 heteroatoms. The van der Waals surface area contributed by atoms with Crippen molar-refractivity contribution < 1.29 is 29.0 Å². The van der Waals surface area contributed by atoms with E-state index in [-0.39, 0.29) is 11.5 Å². The third kappa shape index (κ3) is 6.78. The molecule has 0 saturated carbocycles.